The predicted octanol–water partition coefficient (Wildman–Crippen LogP) is 4.75. The molecule has 1 fully saturated rings. The molecular formula is C20H20BrNO2. The Morgan fingerprint density at radius 1 is 0.958 bits per heavy atom. The summed E-state index contributed by atoms with van der Waals surface area (Å²) in [6, 6.07) is 13.5. The molecule has 1 unspecified atom stereocenters. The van der Waals surface area contributed by atoms with Gasteiger partial charge in [0.25, 0.3) is 0 Å². The van der Waals surface area contributed by atoms with Gasteiger partial charge in [-0.25, -0.2) is 4.90 Å². The van der Waals surface area contributed by atoms with Crippen LogP contribution in [0, 0.1) is 19.8 Å². The molecule has 0 aliphatic carbocycles. The van der Waals surface area contributed by atoms with Gasteiger partial charge in [-0.05, 0) is 61.2 Å². The van der Waals surface area contributed by atoms with Crippen LogP contribution in [0.1, 0.15) is 36.0 Å². The first-order valence-electron chi connectivity index (χ1n) is 8.14. The quantitative estimate of drug-likeness (QED) is 0.714. The second-order valence-electron chi connectivity index (χ2n) is 6.40. The number of hydrogen-bond acceptors (Lipinski definition) is 2. The first-order chi connectivity index (χ1) is 11.4. The molecule has 1 heterocycles. The normalized spacial score (nSPS) is 20.8. The summed E-state index contributed by atoms with van der Waals surface area (Å²) in [5, 5.41) is 0. The van der Waals surface area contributed by atoms with Crippen molar-refractivity contribution in [2.24, 2.45) is 5.92 Å². The van der Waals surface area contributed by atoms with E-state index in [-0.39, 0.29) is 17.7 Å². The van der Waals surface area contributed by atoms with Gasteiger partial charge < -0.3 is 0 Å². The lowest BCUT2D eigenvalue weighted by atomic mass is 9.86. The van der Waals surface area contributed by atoms with E-state index < -0.39 is 5.92 Å². The third-order valence-electron chi connectivity index (χ3n) is 4.56. The number of rotatable bonds is 3. The number of hydrogen-bond donors (Lipinski definition) is 0. The van der Waals surface area contributed by atoms with Crippen LogP contribution in [0.4, 0.5) is 5.69 Å². The summed E-state index contributed by atoms with van der Waals surface area (Å²) in [7, 11) is 0. The van der Waals surface area contributed by atoms with Gasteiger partial charge in [-0.2, -0.15) is 0 Å². The zero-order valence-electron chi connectivity index (χ0n) is 14.0. The van der Waals surface area contributed by atoms with Gasteiger partial charge in [0.05, 0.1) is 17.5 Å². The molecule has 0 radical (unpaired) electrons. The molecule has 3 rings (SSSR count). The Kier molecular flexibility index (Phi) is 4.59. The van der Waals surface area contributed by atoms with Gasteiger partial charge in [0.2, 0.25) is 11.8 Å². The summed E-state index contributed by atoms with van der Waals surface area (Å²) in [4.78, 5) is 27.4. The maximum Gasteiger partial charge on any atom is 0.242 e. The number of aryl methyl sites for hydroxylation is 2. The lowest BCUT2D eigenvalue weighted by Gasteiger charge is -2.16. The Hall–Kier alpha value is -1.94. The molecule has 124 valence electrons. The lowest BCUT2D eigenvalue weighted by Crippen LogP contribution is -2.30. The molecule has 4 heteroatoms. The summed E-state index contributed by atoms with van der Waals surface area (Å²) in [5.74, 6) is -0.935. The fourth-order valence-electron chi connectivity index (χ4n) is 3.52. The van der Waals surface area contributed by atoms with Gasteiger partial charge in [-0.3, -0.25) is 9.59 Å². The Balaban J connectivity index is 2.05. The van der Waals surface area contributed by atoms with Gasteiger partial charge in [0.1, 0.15) is 0 Å². The molecule has 24 heavy (non-hydrogen) atoms. The van der Waals surface area contributed by atoms with Crippen LogP contribution in [0.25, 0.3) is 0 Å². The number of amides is 2. The fourth-order valence-corrected chi connectivity index (χ4v) is 3.78. The number of carbonyl (C=O) groups excluding carboxylic acids is 2. The van der Waals surface area contributed by atoms with Gasteiger partial charge in [-0.1, -0.05) is 41.1 Å². The molecule has 0 aromatic heterocycles. The van der Waals surface area contributed by atoms with Crippen molar-refractivity contribution < 1.29 is 9.59 Å². The summed E-state index contributed by atoms with van der Waals surface area (Å²) in [5.41, 5.74) is 3.67. The predicted molar refractivity (Wildman–Crippen MR) is 99.1 cm³/mol. The van der Waals surface area contributed by atoms with Crippen LogP contribution in [0.3, 0.4) is 0 Å². The second kappa shape index (κ2) is 6.52. The molecule has 3 nitrogen and oxygen atoms in total. The van der Waals surface area contributed by atoms with Crippen molar-refractivity contribution in [1.29, 1.82) is 0 Å². The zero-order valence-corrected chi connectivity index (χ0v) is 15.6. The van der Waals surface area contributed by atoms with Gasteiger partial charge in [0, 0.05) is 4.47 Å². The number of nitrogens with zero attached hydrogens (tertiary/aromatic N) is 1. The van der Waals surface area contributed by atoms with Crippen LogP contribution in [0.15, 0.2) is 46.9 Å². The average Bonchev–Trinajstić information content (AvgIpc) is 2.77. The molecule has 2 aromatic rings. The minimum atomic E-state index is -0.406. The Morgan fingerprint density at radius 2 is 1.54 bits per heavy atom. The molecule has 2 amide bonds. The zero-order chi connectivity index (χ0) is 17.4. The summed E-state index contributed by atoms with van der Waals surface area (Å²) in [6.07, 6.45) is 0.645. The topological polar surface area (TPSA) is 37.4 Å². The summed E-state index contributed by atoms with van der Waals surface area (Å²) in [6.45, 7) is 5.92. The van der Waals surface area contributed by atoms with Crippen molar-refractivity contribution in [1.82, 2.24) is 0 Å². The third kappa shape index (κ3) is 2.91. The van der Waals surface area contributed by atoms with Crippen molar-refractivity contribution in [3.63, 3.8) is 0 Å². The van der Waals surface area contributed by atoms with Crippen molar-refractivity contribution in [2.75, 3.05) is 4.90 Å². The van der Waals surface area contributed by atoms with Gasteiger partial charge in [-0.15, -0.1) is 0 Å². The number of carbonyl (C=O) groups is 2. The van der Waals surface area contributed by atoms with E-state index in [1.165, 1.54) is 4.90 Å². The second-order valence-corrected chi connectivity index (χ2v) is 7.32. The molecule has 0 spiro atoms. The van der Waals surface area contributed by atoms with Gasteiger partial charge >= 0.3 is 0 Å². The molecule has 0 N–H and O–H groups in total. The van der Waals surface area contributed by atoms with E-state index in [2.05, 4.69) is 15.9 Å². The van der Waals surface area contributed by atoms with E-state index in [0.717, 1.165) is 21.2 Å². The van der Waals surface area contributed by atoms with E-state index in [0.29, 0.717) is 12.1 Å². The maximum absolute atomic E-state index is 13.1. The first-order valence-corrected chi connectivity index (χ1v) is 8.93. The Morgan fingerprint density at radius 3 is 2.08 bits per heavy atom. The lowest BCUT2D eigenvalue weighted by molar-refractivity contribution is -0.122. The highest BCUT2D eigenvalue weighted by Crippen LogP contribution is 2.40. The first kappa shape index (κ1) is 16.9. The highest BCUT2D eigenvalue weighted by Gasteiger charge is 2.47. The van der Waals surface area contributed by atoms with E-state index in [1.807, 2.05) is 63.2 Å². The molecular weight excluding hydrogens is 366 g/mol. The van der Waals surface area contributed by atoms with Crippen molar-refractivity contribution >= 4 is 33.4 Å². The molecule has 1 aliphatic rings. The number of anilines is 1. The Bertz CT molecular complexity index is 778. The van der Waals surface area contributed by atoms with Crippen LogP contribution >= 0.6 is 15.9 Å². The highest BCUT2D eigenvalue weighted by atomic mass is 79.9. The van der Waals surface area contributed by atoms with E-state index in [1.54, 1.807) is 0 Å². The van der Waals surface area contributed by atoms with Crippen LogP contribution < -0.4 is 4.90 Å². The van der Waals surface area contributed by atoms with E-state index in [4.69, 9.17) is 0 Å². The van der Waals surface area contributed by atoms with Crippen molar-refractivity contribution in [3.8, 4) is 0 Å². The summed E-state index contributed by atoms with van der Waals surface area (Å²) < 4.78 is 0.960. The molecule has 0 saturated carbocycles. The van der Waals surface area contributed by atoms with Crippen molar-refractivity contribution in [2.45, 2.75) is 33.1 Å². The molecule has 1 aliphatic heterocycles. The van der Waals surface area contributed by atoms with Gasteiger partial charge in [0.15, 0.2) is 0 Å². The summed E-state index contributed by atoms with van der Waals surface area (Å²) >= 11 is 3.42. The number of halogens is 1. The standard InChI is InChI=1S/C20H20BrNO2/c1-4-17-18(14-5-7-15(21)8-6-14)20(24)22(19(17)23)16-10-12(2)9-13(3)11-16/h5-11,17-18H,4H2,1-3H3/t17?,18-/m0/s1. The molecule has 2 atom stereocenters. The average molecular weight is 386 g/mol. The van der Waals surface area contributed by atoms with E-state index in [9.17, 15) is 9.59 Å². The number of imide groups is 1. The third-order valence-corrected chi connectivity index (χ3v) is 5.09. The monoisotopic (exact) mass is 385 g/mol. The van der Waals surface area contributed by atoms with Crippen molar-refractivity contribution in [3.05, 3.63) is 63.6 Å². The van der Waals surface area contributed by atoms with Crippen LogP contribution in [-0.4, -0.2) is 11.8 Å². The fraction of sp³-hybridized carbons (Fsp3) is 0.300. The minimum Gasteiger partial charge on any atom is -0.274 e. The smallest absolute Gasteiger partial charge is 0.242 e. The molecule has 2 aromatic carbocycles. The largest absolute Gasteiger partial charge is 0.274 e. The molecule has 1 saturated heterocycles. The maximum atomic E-state index is 13.1. The van der Waals surface area contributed by atoms with Crippen LogP contribution in [-0.2, 0) is 9.59 Å². The number of benzene rings is 2. The van der Waals surface area contributed by atoms with Crippen LogP contribution in [0.5, 0.6) is 0 Å². The SMILES string of the molecule is CCC1C(=O)N(c2cc(C)cc(C)c2)C(=O)[C@H]1c1ccc(Br)cc1. The van der Waals surface area contributed by atoms with E-state index >= 15 is 0 Å². The Labute approximate surface area is 150 Å². The highest BCUT2D eigenvalue weighted by molar-refractivity contribution is 9.10. The van der Waals surface area contributed by atoms with Crippen LogP contribution in [0.2, 0.25) is 0 Å². The minimum absolute atomic E-state index is 0.0968. The molecule has 0 bridgehead atoms.